The van der Waals surface area contributed by atoms with Crippen LogP contribution in [0.5, 0.6) is 5.75 Å². The molecule has 0 radical (unpaired) electrons. The van der Waals surface area contributed by atoms with Gasteiger partial charge in [0, 0.05) is 20.7 Å². The van der Waals surface area contributed by atoms with Crippen molar-refractivity contribution in [1.82, 2.24) is 0 Å². The predicted molar refractivity (Wildman–Crippen MR) is 86.8 cm³/mol. The monoisotopic (exact) mass is 416 g/mol. The third-order valence-corrected chi connectivity index (χ3v) is 3.59. The van der Waals surface area contributed by atoms with Gasteiger partial charge in [0.1, 0.15) is 11.6 Å². The molecule has 2 aromatic rings. The molecule has 21 heavy (non-hydrogen) atoms. The zero-order chi connectivity index (χ0) is 15.4. The van der Waals surface area contributed by atoms with E-state index in [9.17, 15) is 9.18 Å². The zero-order valence-electron chi connectivity index (χ0n) is 10.7. The topological polar surface area (TPSA) is 64.3 Å². The lowest BCUT2D eigenvalue weighted by Crippen LogP contribution is -2.20. The minimum atomic E-state index is -0.443. The molecule has 0 saturated heterocycles. The Bertz CT molecular complexity index is 660. The molecule has 4 nitrogen and oxygen atoms in total. The van der Waals surface area contributed by atoms with Crippen LogP contribution >= 0.6 is 31.9 Å². The van der Waals surface area contributed by atoms with Crippen molar-refractivity contribution < 1.29 is 13.9 Å². The molecule has 7 heteroatoms. The molecule has 0 saturated carbocycles. The number of nitrogens with one attached hydrogen (secondary N) is 1. The van der Waals surface area contributed by atoms with Gasteiger partial charge in [-0.2, -0.15) is 0 Å². The number of hydrogen-bond acceptors (Lipinski definition) is 3. The Morgan fingerprint density at radius 1 is 1.24 bits per heavy atom. The van der Waals surface area contributed by atoms with Crippen LogP contribution in [0.25, 0.3) is 0 Å². The summed E-state index contributed by atoms with van der Waals surface area (Å²) in [6.07, 6.45) is 0. The highest BCUT2D eigenvalue weighted by Crippen LogP contribution is 2.25. The summed E-state index contributed by atoms with van der Waals surface area (Å²) < 4.78 is 19.6. The molecule has 0 aliphatic carbocycles. The first-order valence-electron chi connectivity index (χ1n) is 5.88. The number of ether oxygens (including phenoxy) is 1. The molecular formula is C14H11Br2FN2O2. The summed E-state index contributed by atoms with van der Waals surface area (Å²) in [5, 5.41) is 2.67. The number of halogens is 3. The number of benzene rings is 2. The van der Waals surface area contributed by atoms with E-state index < -0.39 is 5.82 Å². The number of nitrogen functional groups attached to an aromatic ring is 1. The normalized spacial score (nSPS) is 10.2. The minimum Gasteiger partial charge on any atom is -0.484 e. The van der Waals surface area contributed by atoms with E-state index in [0.29, 0.717) is 20.3 Å². The van der Waals surface area contributed by atoms with E-state index in [-0.39, 0.29) is 18.3 Å². The third kappa shape index (κ3) is 4.71. The molecule has 0 bridgehead atoms. The van der Waals surface area contributed by atoms with Crippen LogP contribution in [0.2, 0.25) is 0 Å². The first-order valence-corrected chi connectivity index (χ1v) is 7.46. The largest absolute Gasteiger partial charge is 0.484 e. The summed E-state index contributed by atoms with van der Waals surface area (Å²) in [5.74, 6) is -0.532. The molecule has 0 aromatic heterocycles. The fourth-order valence-electron chi connectivity index (χ4n) is 1.58. The van der Waals surface area contributed by atoms with Gasteiger partial charge >= 0.3 is 0 Å². The second kappa shape index (κ2) is 6.91. The molecule has 0 aliphatic rings. The van der Waals surface area contributed by atoms with Gasteiger partial charge in [-0.05, 0) is 46.3 Å². The Hall–Kier alpha value is -1.60. The summed E-state index contributed by atoms with van der Waals surface area (Å²) in [4.78, 5) is 11.8. The van der Waals surface area contributed by atoms with Gasteiger partial charge < -0.3 is 15.8 Å². The highest BCUT2D eigenvalue weighted by atomic mass is 79.9. The van der Waals surface area contributed by atoms with Gasteiger partial charge in [0.25, 0.3) is 5.91 Å². The summed E-state index contributed by atoms with van der Waals surface area (Å²) in [6, 6.07) is 9.12. The summed E-state index contributed by atoms with van der Waals surface area (Å²) in [5.41, 5.74) is 6.78. The molecule has 0 fully saturated rings. The standard InChI is InChI=1S/C14H11Br2FN2O2/c15-8-3-9(17)5-11(4-8)21-7-14(20)19-13-2-1-10(18)6-12(13)16/h1-6H,7,18H2,(H,19,20). The molecule has 0 aliphatic heterocycles. The molecule has 3 N–H and O–H groups in total. The lowest BCUT2D eigenvalue weighted by Gasteiger charge is -2.09. The fraction of sp³-hybridized carbons (Fsp3) is 0.0714. The molecule has 1 amide bonds. The van der Waals surface area contributed by atoms with Crippen molar-refractivity contribution in [3.63, 3.8) is 0 Å². The van der Waals surface area contributed by atoms with E-state index in [1.807, 2.05) is 0 Å². The van der Waals surface area contributed by atoms with Gasteiger partial charge in [-0.1, -0.05) is 15.9 Å². The lowest BCUT2D eigenvalue weighted by molar-refractivity contribution is -0.118. The molecule has 0 heterocycles. The van der Waals surface area contributed by atoms with E-state index in [1.165, 1.54) is 12.1 Å². The molecule has 0 spiro atoms. The molecule has 0 unspecified atom stereocenters. The number of anilines is 2. The Balaban J connectivity index is 1.95. The Morgan fingerprint density at radius 2 is 2.00 bits per heavy atom. The van der Waals surface area contributed by atoms with Crippen molar-refractivity contribution in [3.05, 3.63) is 51.2 Å². The highest BCUT2D eigenvalue weighted by molar-refractivity contribution is 9.10. The average molecular weight is 418 g/mol. The van der Waals surface area contributed by atoms with Gasteiger partial charge in [-0.25, -0.2) is 4.39 Å². The highest BCUT2D eigenvalue weighted by Gasteiger charge is 2.08. The van der Waals surface area contributed by atoms with Gasteiger partial charge in [-0.3, -0.25) is 4.79 Å². The fourth-order valence-corrected chi connectivity index (χ4v) is 2.52. The van der Waals surface area contributed by atoms with Crippen LogP contribution in [-0.2, 0) is 4.79 Å². The molecule has 0 atom stereocenters. The minimum absolute atomic E-state index is 0.229. The number of carbonyl (C=O) groups is 1. The molecule has 110 valence electrons. The van der Waals surface area contributed by atoms with Crippen molar-refractivity contribution in [1.29, 1.82) is 0 Å². The van der Waals surface area contributed by atoms with E-state index in [2.05, 4.69) is 37.2 Å². The van der Waals surface area contributed by atoms with E-state index in [1.54, 1.807) is 24.3 Å². The number of nitrogens with two attached hydrogens (primary N) is 1. The first kappa shape index (κ1) is 15.8. The number of carbonyl (C=O) groups excluding carboxylic acids is 1. The van der Waals surface area contributed by atoms with Crippen LogP contribution in [0.3, 0.4) is 0 Å². The van der Waals surface area contributed by atoms with Gasteiger partial charge in [0.2, 0.25) is 0 Å². The number of rotatable bonds is 4. The van der Waals surface area contributed by atoms with Crippen LogP contribution in [0.4, 0.5) is 15.8 Å². The molecule has 2 aromatic carbocycles. The lowest BCUT2D eigenvalue weighted by atomic mass is 10.3. The van der Waals surface area contributed by atoms with Crippen LogP contribution < -0.4 is 15.8 Å². The number of hydrogen-bond donors (Lipinski definition) is 2. The maximum atomic E-state index is 13.2. The van der Waals surface area contributed by atoms with Gasteiger partial charge in [0.05, 0.1) is 5.69 Å². The van der Waals surface area contributed by atoms with Gasteiger partial charge in [0.15, 0.2) is 6.61 Å². The Labute approximate surface area is 137 Å². The van der Waals surface area contributed by atoms with Crippen molar-refractivity contribution in [2.75, 3.05) is 17.7 Å². The van der Waals surface area contributed by atoms with Crippen molar-refractivity contribution in [2.24, 2.45) is 0 Å². The average Bonchev–Trinajstić information content (AvgIpc) is 2.39. The van der Waals surface area contributed by atoms with E-state index >= 15 is 0 Å². The van der Waals surface area contributed by atoms with Crippen molar-refractivity contribution in [2.45, 2.75) is 0 Å². The summed E-state index contributed by atoms with van der Waals surface area (Å²) >= 11 is 6.45. The predicted octanol–water partition coefficient (Wildman–Crippen LogP) is 3.95. The number of amides is 1. The zero-order valence-corrected chi connectivity index (χ0v) is 13.9. The molecular weight excluding hydrogens is 407 g/mol. The van der Waals surface area contributed by atoms with Crippen LogP contribution in [0.1, 0.15) is 0 Å². The second-order valence-corrected chi connectivity index (χ2v) is 5.95. The SMILES string of the molecule is Nc1ccc(NC(=O)COc2cc(F)cc(Br)c2)c(Br)c1. The second-order valence-electron chi connectivity index (χ2n) is 4.18. The maximum Gasteiger partial charge on any atom is 0.262 e. The molecule has 2 rings (SSSR count). The quantitative estimate of drug-likeness (QED) is 0.740. The van der Waals surface area contributed by atoms with Crippen LogP contribution in [-0.4, -0.2) is 12.5 Å². The smallest absolute Gasteiger partial charge is 0.262 e. The van der Waals surface area contributed by atoms with E-state index in [4.69, 9.17) is 10.5 Å². The third-order valence-electron chi connectivity index (χ3n) is 2.47. The van der Waals surface area contributed by atoms with E-state index in [0.717, 1.165) is 0 Å². The van der Waals surface area contributed by atoms with Crippen LogP contribution in [0, 0.1) is 5.82 Å². The van der Waals surface area contributed by atoms with Gasteiger partial charge in [-0.15, -0.1) is 0 Å². The van der Waals surface area contributed by atoms with Crippen molar-refractivity contribution in [3.8, 4) is 5.75 Å². The summed E-state index contributed by atoms with van der Waals surface area (Å²) in [7, 11) is 0. The Morgan fingerprint density at radius 3 is 2.67 bits per heavy atom. The summed E-state index contributed by atoms with van der Waals surface area (Å²) in [6.45, 7) is -0.229. The van der Waals surface area contributed by atoms with Crippen molar-refractivity contribution >= 4 is 49.1 Å². The van der Waals surface area contributed by atoms with Crippen LogP contribution in [0.15, 0.2) is 45.3 Å². The first-order chi connectivity index (χ1) is 9.94. The Kier molecular flexibility index (Phi) is 5.19. The maximum absolute atomic E-state index is 13.2.